The summed E-state index contributed by atoms with van der Waals surface area (Å²) >= 11 is 0. The molecule has 1 N–H and O–H groups in total. The number of nitrogens with one attached hydrogen (secondary N) is 1. The molecular weight excluding hydrogens is 240 g/mol. The van der Waals surface area contributed by atoms with Gasteiger partial charge in [0.2, 0.25) is 0 Å². The van der Waals surface area contributed by atoms with Crippen molar-refractivity contribution in [1.82, 2.24) is 19.9 Å². The van der Waals surface area contributed by atoms with Crippen molar-refractivity contribution < 1.29 is 0 Å². The largest absolute Gasteiger partial charge is 0.313 e. The molecule has 0 bridgehead atoms. The van der Waals surface area contributed by atoms with Crippen LogP contribution in [0.4, 0.5) is 0 Å². The second-order valence-electron chi connectivity index (χ2n) is 3.80. The average Bonchev–Trinajstić information content (AvgIpc) is 2.88. The Bertz CT molecular complexity index is 659. The van der Waals surface area contributed by atoms with Gasteiger partial charge in [-0.1, -0.05) is 13.0 Å². The molecular formula is C13H12N6. The van der Waals surface area contributed by atoms with Gasteiger partial charge in [0.1, 0.15) is 24.3 Å². The molecule has 0 saturated heterocycles. The van der Waals surface area contributed by atoms with Crippen molar-refractivity contribution in [3.63, 3.8) is 0 Å². The van der Waals surface area contributed by atoms with E-state index in [1.807, 2.05) is 31.2 Å². The molecule has 0 fully saturated rings. The summed E-state index contributed by atoms with van der Waals surface area (Å²) in [5.41, 5.74) is 1.27. The van der Waals surface area contributed by atoms with Gasteiger partial charge in [-0.3, -0.25) is 4.57 Å². The monoisotopic (exact) mass is 252 g/mol. The van der Waals surface area contributed by atoms with Gasteiger partial charge in [0, 0.05) is 18.3 Å². The normalized spacial score (nSPS) is 9.84. The van der Waals surface area contributed by atoms with Crippen LogP contribution in [-0.4, -0.2) is 21.1 Å². The Morgan fingerprint density at radius 3 is 2.84 bits per heavy atom. The smallest absolute Gasteiger partial charge is 0.177 e. The number of nitrogens with zero attached hydrogens (tertiary/aromatic N) is 5. The van der Waals surface area contributed by atoms with E-state index in [0.29, 0.717) is 12.4 Å². The Kier molecular flexibility index (Phi) is 3.87. The first-order valence-corrected chi connectivity index (χ1v) is 5.84. The lowest BCUT2D eigenvalue weighted by Crippen LogP contribution is -2.15. The van der Waals surface area contributed by atoms with E-state index in [-0.39, 0.29) is 11.4 Å². The highest BCUT2D eigenvalue weighted by molar-refractivity contribution is 5.44. The van der Waals surface area contributed by atoms with Gasteiger partial charge < -0.3 is 5.32 Å². The van der Waals surface area contributed by atoms with E-state index in [0.717, 1.165) is 12.1 Å². The van der Waals surface area contributed by atoms with E-state index in [9.17, 15) is 0 Å². The minimum absolute atomic E-state index is 0.113. The molecule has 0 radical (unpaired) electrons. The summed E-state index contributed by atoms with van der Waals surface area (Å²) < 4.78 is 1.55. The molecule has 0 aromatic carbocycles. The summed E-state index contributed by atoms with van der Waals surface area (Å²) in [7, 11) is 0. The topological polar surface area (TPSA) is 90.3 Å². The van der Waals surface area contributed by atoms with E-state index < -0.39 is 0 Å². The SMILES string of the molecule is CCNCc1cccnc1-n1cnc(C#N)c1C#N. The van der Waals surface area contributed by atoms with Gasteiger partial charge in [0.15, 0.2) is 11.4 Å². The highest BCUT2D eigenvalue weighted by Gasteiger charge is 2.14. The molecule has 0 amide bonds. The summed E-state index contributed by atoms with van der Waals surface area (Å²) in [6.45, 7) is 3.50. The second kappa shape index (κ2) is 5.76. The molecule has 0 aliphatic heterocycles. The maximum atomic E-state index is 9.14. The summed E-state index contributed by atoms with van der Waals surface area (Å²) in [6, 6.07) is 7.66. The van der Waals surface area contributed by atoms with E-state index in [4.69, 9.17) is 10.5 Å². The van der Waals surface area contributed by atoms with Crippen LogP contribution < -0.4 is 5.32 Å². The number of imidazole rings is 1. The molecule has 2 aromatic rings. The van der Waals surface area contributed by atoms with E-state index in [2.05, 4.69) is 15.3 Å². The van der Waals surface area contributed by atoms with Crippen LogP contribution in [0.3, 0.4) is 0 Å². The Labute approximate surface area is 111 Å². The fourth-order valence-corrected chi connectivity index (χ4v) is 1.74. The molecule has 0 spiro atoms. The lowest BCUT2D eigenvalue weighted by atomic mass is 10.2. The third kappa shape index (κ3) is 2.44. The van der Waals surface area contributed by atoms with Crippen molar-refractivity contribution in [3.8, 4) is 18.0 Å². The fraction of sp³-hybridized carbons (Fsp3) is 0.231. The van der Waals surface area contributed by atoms with E-state index in [1.54, 1.807) is 10.8 Å². The predicted molar refractivity (Wildman–Crippen MR) is 68.2 cm³/mol. The second-order valence-corrected chi connectivity index (χ2v) is 3.80. The Balaban J connectivity index is 2.51. The van der Waals surface area contributed by atoms with Crippen LogP contribution in [0.25, 0.3) is 5.82 Å². The zero-order valence-corrected chi connectivity index (χ0v) is 10.5. The van der Waals surface area contributed by atoms with Crippen molar-refractivity contribution in [2.45, 2.75) is 13.5 Å². The van der Waals surface area contributed by atoms with Crippen LogP contribution in [0, 0.1) is 22.7 Å². The number of rotatable bonds is 4. The van der Waals surface area contributed by atoms with Crippen LogP contribution in [-0.2, 0) is 6.54 Å². The number of hydrogen-bond donors (Lipinski definition) is 1. The molecule has 0 unspecified atom stereocenters. The zero-order chi connectivity index (χ0) is 13.7. The maximum absolute atomic E-state index is 9.14. The minimum Gasteiger partial charge on any atom is -0.313 e. The third-order valence-corrected chi connectivity index (χ3v) is 2.64. The van der Waals surface area contributed by atoms with Gasteiger partial charge in [0.25, 0.3) is 0 Å². The summed E-state index contributed by atoms with van der Waals surface area (Å²) in [5, 5.41) is 21.3. The predicted octanol–water partition coefficient (Wildman–Crippen LogP) is 1.12. The van der Waals surface area contributed by atoms with Crippen LogP contribution in [0.15, 0.2) is 24.7 Å². The van der Waals surface area contributed by atoms with Crippen molar-refractivity contribution >= 4 is 0 Å². The molecule has 0 aliphatic carbocycles. The van der Waals surface area contributed by atoms with Gasteiger partial charge in [-0.25, -0.2) is 9.97 Å². The van der Waals surface area contributed by atoms with E-state index >= 15 is 0 Å². The molecule has 6 nitrogen and oxygen atoms in total. The van der Waals surface area contributed by atoms with Crippen LogP contribution in [0.5, 0.6) is 0 Å². The van der Waals surface area contributed by atoms with Gasteiger partial charge >= 0.3 is 0 Å². The average molecular weight is 252 g/mol. The molecule has 6 heteroatoms. The van der Waals surface area contributed by atoms with Crippen molar-refractivity contribution in [2.24, 2.45) is 0 Å². The molecule has 0 atom stereocenters. The summed E-state index contributed by atoms with van der Waals surface area (Å²) in [6.07, 6.45) is 3.10. The van der Waals surface area contributed by atoms with Crippen molar-refractivity contribution in [1.29, 1.82) is 10.5 Å². The minimum atomic E-state index is 0.113. The van der Waals surface area contributed by atoms with Gasteiger partial charge in [0.05, 0.1) is 0 Å². The molecule has 2 heterocycles. The quantitative estimate of drug-likeness (QED) is 0.880. The zero-order valence-electron chi connectivity index (χ0n) is 10.5. The molecule has 94 valence electrons. The van der Waals surface area contributed by atoms with Crippen LogP contribution in [0.1, 0.15) is 23.9 Å². The Hall–Kier alpha value is -2.70. The highest BCUT2D eigenvalue weighted by Crippen LogP contribution is 2.15. The highest BCUT2D eigenvalue weighted by atomic mass is 15.1. The maximum Gasteiger partial charge on any atom is 0.177 e. The first-order chi connectivity index (χ1) is 9.31. The number of nitriles is 2. The number of hydrogen-bond acceptors (Lipinski definition) is 5. The van der Waals surface area contributed by atoms with Gasteiger partial charge in [-0.15, -0.1) is 0 Å². The van der Waals surface area contributed by atoms with Crippen molar-refractivity contribution in [3.05, 3.63) is 41.6 Å². The molecule has 0 saturated carbocycles. The first kappa shape index (κ1) is 12.7. The van der Waals surface area contributed by atoms with Crippen LogP contribution in [0.2, 0.25) is 0 Å². The molecule has 0 aliphatic rings. The lowest BCUT2D eigenvalue weighted by Gasteiger charge is -2.09. The summed E-state index contributed by atoms with van der Waals surface area (Å²) in [4.78, 5) is 8.20. The molecule has 2 rings (SSSR count). The Morgan fingerprint density at radius 2 is 2.16 bits per heavy atom. The Morgan fingerprint density at radius 1 is 1.32 bits per heavy atom. The summed E-state index contributed by atoms with van der Waals surface area (Å²) in [5.74, 6) is 0.619. The first-order valence-electron chi connectivity index (χ1n) is 5.84. The fourth-order valence-electron chi connectivity index (χ4n) is 1.74. The number of pyridine rings is 1. The standard InChI is InChI=1S/C13H12N6/c1-2-16-8-10-4-3-5-17-13(10)19-9-18-11(6-14)12(19)7-15/h3-5,9,16H,2,8H2,1H3. The van der Waals surface area contributed by atoms with Crippen molar-refractivity contribution in [2.75, 3.05) is 6.54 Å². The molecule has 2 aromatic heterocycles. The molecule has 19 heavy (non-hydrogen) atoms. The van der Waals surface area contributed by atoms with Gasteiger partial charge in [-0.2, -0.15) is 10.5 Å². The lowest BCUT2D eigenvalue weighted by molar-refractivity contribution is 0.717. The van der Waals surface area contributed by atoms with Gasteiger partial charge in [-0.05, 0) is 12.6 Å². The number of aromatic nitrogens is 3. The van der Waals surface area contributed by atoms with Crippen LogP contribution >= 0.6 is 0 Å². The van der Waals surface area contributed by atoms with E-state index in [1.165, 1.54) is 6.33 Å². The third-order valence-electron chi connectivity index (χ3n) is 2.64.